The number of thiophene rings is 1. The topological polar surface area (TPSA) is 38.0 Å². The van der Waals surface area contributed by atoms with E-state index in [4.69, 9.17) is 5.73 Å². The first kappa shape index (κ1) is 10.4. The van der Waals surface area contributed by atoms with Crippen LogP contribution in [0.15, 0.2) is 24.1 Å². The lowest BCUT2D eigenvalue weighted by atomic mass is 10.1. The zero-order valence-corrected chi connectivity index (χ0v) is 8.73. The molecule has 1 aromatic rings. The fourth-order valence-corrected chi connectivity index (χ4v) is 2.27. The molecule has 0 fully saturated rings. The summed E-state index contributed by atoms with van der Waals surface area (Å²) >= 11 is 1.76. The molecule has 0 amide bonds. The Morgan fingerprint density at radius 1 is 1.77 bits per heavy atom. The predicted molar refractivity (Wildman–Crippen MR) is 59.1 cm³/mol. The highest BCUT2D eigenvalue weighted by molar-refractivity contribution is 7.10. The smallest absolute Gasteiger partial charge is 0.0544 e. The molecule has 1 aromatic heterocycles. The van der Waals surface area contributed by atoms with Crippen molar-refractivity contribution in [3.63, 3.8) is 0 Å². The number of nitrogens with two attached hydrogens (primary N) is 1. The van der Waals surface area contributed by atoms with Gasteiger partial charge in [0.25, 0.3) is 0 Å². The molecule has 2 nitrogen and oxygen atoms in total. The van der Waals surface area contributed by atoms with Crippen molar-refractivity contribution in [1.29, 1.82) is 0 Å². The molecule has 3 N–H and O–H groups in total. The Hall–Kier alpha value is -0.640. The maximum atomic E-state index is 5.68. The lowest BCUT2D eigenvalue weighted by Crippen LogP contribution is -2.27. The van der Waals surface area contributed by atoms with E-state index in [0.29, 0.717) is 6.54 Å². The molecule has 0 aliphatic rings. The molecule has 0 saturated heterocycles. The Balaban J connectivity index is 2.66. The number of aryl methyl sites for hydroxylation is 1. The van der Waals surface area contributed by atoms with E-state index in [2.05, 4.69) is 30.3 Å². The van der Waals surface area contributed by atoms with Crippen molar-refractivity contribution in [2.75, 3.05) is 13.1 Å². The third-order valence-electron chi connectivity index (χ3n) is 1.96. The lowest BCUT2D eigenvalue weighted by Gasteiger charge is -2.14. The average Bonchev–Trinajstić information content (AvgIpc) is 2.54. The van der Waals surface area contributed by atoms with Crippen LogP contribution in [0.4, 0.5) is 0 Å². The third kappa shape index (κ3) is 2.66. The first-order valence-corrected chi connectivity index (χ1v) is 5.26. The minimum absolute atomic E-state index is 0.276. The summed E-state index contributed by atoms with van der Waals surface area (Å²) in [4.78, 5) is 1.34. The Bertz CT molecular complexity index is 268. The SMILES string of the molecule is C=CCNC(CN)c1sccc1C. The first-order valence-electron chi connectivity index (χ1n) is 4.38. The van der Waals surface area contributed by atoms with Gasteiger partial charge < -0.3 is 11.1 Å². The summed E-state index contributed by atoms with van der Waals surface area (Å²) in [5.41, 5.74) is 7.00. The summed E-state index contributed by atoms with van der Waals surface area (Å²) in [6.45, 7) is 7.22. The summed E-state index contributed by atoms with van der Waals surface area (Å²) in [6.07, 6.45) is 1.85. The van der Waals surface area contributed by atoms with Gasteiger partial charge in [-0.2, -0.15) is 0 Å². The van der Waals surface area contributed by atoms with Crippen molar-refractivity contribution < 1.29 is 0 Å². The Labute approximate surface area is 83.5 Å². The number of hydrogen-bond donors (Lipinski definition) is 2. The van der Waals surface area contributed by atoms with Crippen molar-refractivity contribution in [1.82, 2.24) is 5.32 Å². The standard InChI is InChI=1S/C10H16N2S/c1-3-5-12-9(7-11)10-8(2)4-6-13-10/h3-4,6,9,12H,1,5,7,11H2,2H3. The molecule has 0 radical (unpaired) electrons. The van der Waals surface area contributed by atoms with Crippen molar-refractivity contribution >= 4 is 11.3 Å². The van der Waals surface area contributed by atoms with Crippen molar-refractivity contribution in [3.8, 4) is 0 Å². The summed E-state index contributed by atoms with van der Waals surface area (Å²) in [5, 5.41) is 5.43. The van der Waals surface area contributed by atoms with Gasteiger partial charge in [0, 0.05) is 18.0 Å². The van der Waals surface area contributed by atoms with Gasteiger partial charge in [-0.25, -0.2) is 0 Å². The molecular weight excluding hydrogens is 180 g/mol. The van der Waals surface area contributed by atoms with Gasteiger partial charge in [0.2, 0.25) is 0 Å². The van der Waals surface area contributed by atoms with E-state index < -0.39 is 0 Å². The van der Waals surface area contributed by atoms with Crippen LogP contribution in [-0.2, 0) is 0 Å². The second-order valence-corrected chi connectivity index (χ2v) is 3.90. The molecule has 1 rings (SSSR count). The zero-order valence-electron chi connectivity index (χ0n) is 7.92. The molecule has 13 heavy (non-hydrogen) atoms. The minimum atomic E-state index is 0.276. The highest BCUT2D eigenvalue weighted by Gasteiger charge is 2.11. The van der Waals surface area contributed by atoms with E-state index >= 15 is 0 Å². The van der Waals surface area contributed by atoms with E-state index in [-0.39, 0.29) is 6.04 Å². The van der Waals surface area contributed by atoms with Crippen molar-refractivity contribution in [2.45, 2.75) is 13.0 Å². The largest absolute Gasteiger partial charge is 0.329 e. The zero-order chi connectivity index (χ0) is 9.68. The number of rotatable bonds is 5. The molecule has 1 unspecified atom stereocenters. The molecule has 0 bridgehead atoms. The normalized spacial score (nSPS) is 12.8. The summed E-state index contributed by atoms with van der Waals surface area (Å²) < 4.78 is 0. The maximum absolute atomic E-state index is 5.68. The second kappa shape index (κ2) is 5.17. The number of hydrogen-bond acceptors (Lipinski definition) is 3. The third-order valence-corrected chi connectivity index (χ3v) is 3.10. The molecule has 0 aliphatic heterocycles. The lowest BCUT2D eigenvalue weighted by molar-refractivity contribution is 0.584. The monoisotopic (exact) mass is 196 g/mol. The molecular formula is C10H16N2S. The Morgan fingerprint density at radius 3 is 3.00 bits per heavy atom. The van der Waals surface area contributed by atoms with Gasteiger partial charge in [-0.3, -0.25) is 0 Å². The first-order chi connectivity index (χ1) is 6.29. The Kier molecular flexibility index (Phi) is 4.15. The fraction of sp³-hybridized carbons (Fsp3) is 0.400. The molecule has 0 aromatic carbocycles. The maximum Gasteiger partial charge on any atom is 0.0544 e. The van der Waals surface area contributed by atoms with Gasteiger partial charge in [0.1, 0.15) is 0 Å². The van der Waals surface area contributed by atoms with E-state index in [9.17, 15) is 0 Å². The van der Waals surface area contributed by atoms with Gasteiger partial charge in [-0.05, 0) is 23.9 Å². The van der Waals surface area contributed by atoms with Crippen LogP contribution in [0.25, 0.3) is 0 Å². The van der Waals surface area contributed by atoms with E-state index in [0.717, 1.165) is 6.54 Å². The van der Waals surface area contributed by atoms with Crippen LogP contribution in [0.3, 0.4) is 0 Å². The Morgan fingerprint density at radius 2 is 2.54 bits per heavy atom. The molecule has 3 heteroatoms. The van der Waals surface area contributed by atoms with E-state index in [1.165, 1.54) is 10.4 Å². The van der Waals surface area contributed by atoms with Gasteiger partial charge >= 0.3 is 0 Å². The van der Waals surface area contributed by atoms with Gasteiger partial charge in [0.15, 0.2) is 0 Å². The predicted octanol–water partition coefficient (Wildman–Crippen LogP) is 1.83. The molecule has 0 spiro atoms. The summed E-state index contributed by atoms with van der Waals surface area (Å²) in [6, 6.07) is 2.40. The van der Waals surface area contributed by atoms with Crippen molar-refractivity contribution in [3.05, 3.63) is 34.5 Å². The average molecular weight is 196 g/mol. The van der Waals surface area contributed by atoms with Crippen LogP contribution >= 0.6 is 11.3 Å². The van der Waals surface area contributed by atoms with Gasteiger partial charge in [-0.15, -0.1) is 17.9 Å². The fourth-order valence-electron chi connectivity index (χ4n) is 1.25. The van der Waals surface area contributed by atoms with Crippen molar-refractivity contribution in [2.24, 2.45) is 5.73 Å². The van der Waals surface area contributed by atoms with Gasteiger partial charge in [0.05, 0.1) is 6.04 Å². The van der Waals surface area contributed by atoms with Crippen LogP contribution in [0.5, 0.6) is 0 Å². The summed E-state index contributed by atoms with van der Waals surface area (Å²) in [5.74, 6) is 0. The molecule has 1 heterocycles. The quantitative estimate of drug-likeness (QED) is 0.705. The molecule has 1 atom stereocenters. The van der Waals surface area contributed by atoms with Crippen LogP contribution in [0.1, 0.15) is 16.5 Å². The second-order valence-electron chi connectivity index (χ2n) is 2.95. The van der Waals surface area contributed by atoms with Crippen LogP contribution in [0, 0.1) is 6.92 Å². The highest BCUT2D eigenvalue weighted by Crippen LogP contribution is 2.22. The van der Waals surface area contributed by atoms with Crippen LogP contribution < -0.4 is 11.1 Å². The van der Waals surface area contributed by atoms with Crippen LogP contribution in [-0.4, -0.2) is 13.1 Å². The number of nitrogens with one attached hydrogen (secondary N) is 1. The molecule has 72 valence electrons. The minimum Gasteiger partial charge on any atom is -0.329 e. The molecule has 0 aliphatic carbocycles. The highest BCUT2D eigenvalue weighted by atomic mass is 32.1. The van der Waals surface area contributed by atoms with E-state index in [1.807, 2.05) is 6.08 Å². The van der Waals surface area contributed by atoms with E-state index in [1.54, 1.807) is 11.3 Å². The molecule has 0 saturated carbocycles. The van der Waals surface area contributed by atoms with Gasteiger partial charge in [-0.1, -0.05) is 6.08 Å². The van der Waals surface area contributed by atoms with Crippen LogP contribution in [0.2, 0.25) is 0 Å². The summed E-state index contributed by atoms with van der Waals surface area (Å²) in [7, 11) is 0.